The van der Waals surface area contributed by atoms with Gasteiger partial charge in [0, 0.05) is 6.04 Å². The molecule has 0 spiro atoms. The average Bonchev–Trinajstić information content (AvgIpc) is 3.05. The molecule has 2 unspecified atom stereocenters. The Morgan fingerprint density at radius 1 is 1.33 bits per heavy atom. The Balaban J connectivity index is 2.82. The first-order valence-corrected chi connectivity index (χ1v) is 5.73. The number of carbonyl (C=O) groups is 2. The fourth-order valence-corrected chi connectivity index (χ4v) is 1.80. The van der Waals surface area contributed by atoms with Crippen LogP contribution in [-0.2, 0) is 9.59 Å². The standard InChI is InChI=1S/C11H16F3NO3/c1-6(10(17)18)9(16)15(5-11(12,13)14)7(2)8-3-4-8/h6-8H,3-5H2,1-2H3,(H,17,18). The van der Waals surface area contributed by atoms with Crippen LogP contribution in [0.2, 0.25) is 0 Å². The van der Waals surface area contributed by atoms with Gasteiger partial charge in [0.25, 0.3) is 0 Å². The largest absolute Gasteiger partial charge is 0.481 e. The molecule has 0 aromatic heterocycles. The summed E-state index contributed by atoms with van der Waals surface area (Å²) in [6.07, 6.45) is -2.95. The topological polar surface area (TPSA) is 57.6 Å². The summed E-state index contributed by atoms with van der Waals surface area (Å²) in [5.74, 6) is -3.78. The van der Waals surface area contributed by atoms with Crippen molar-refractivity contribution >= 4 is 11.9 Å². The Hall–Kier alpha value is -1.27. The van der Waals surface area contributed by atoms with Gasteiger partial charge in [0.05, 0.1) is 0 Å². The number of nitrogens with zero attached hydrogens (tertiary/aromatic N) is 1. The molecule has 0 aromatic rings. The molecule has 0 radical (unpaired) electrons. The van der Waals surface area contributed by atoms with E-state index in [9.17, 15) is 22.8 Å². The van der Waals surface area contributed by atoms with Crippen molar-refractivity contribution in [1.82, 2.24) is 4.90 Å². The number of rotatable bonds is 5. The molecule has 1 aliphatic carbocycles. The SMILES string of the molecule is CC(C(=O)O)C(=O)N(CC(F)(F)F)C(C)C1CC1. The number of halogens is 3. The molecular formula is C11H16F3NO3. The van der Waals surface area contributed by atoms with Crippen LogP contribution in [0.1, 0.15) is 26.7 Å². The summed E-state index contributed by atoms with van der Waals surface area (Å²) in [5.41, 5.74) is 0. The van der Waals surface area contributed by atoms with Crippen LogP contribution in [-0.4, -0.2) is 40.6 Å². The number of alkyl halides is 3. The summed E-state index contributed by atoms with van der Waals surface area (Å²) in [6, 6.07) is -0.569. The van der Waals surface area contributed by atoms with Crippen LogP contribution >= 0.6 is 0 Å². The summed E-state index contributed by atoms with van der Waals surface area (Å²) in [5, 5.41) is 8.71. The summed E-state index contributed by atoms with van der Waals surface area (Å²) in [6.45, 7) is 1.25. The van der Waals surface area contributed by atoms with Gasteiger partial charge in [0.15, 0.2) is 0 Å². The van der Waals surface area contributed by atoms with Crippen LogP contribution in [0.15, 0.2) is 0 Å². The van der Waals surface area contributed by atoms with Crippen molar-refractivity contribution in [1.29, 1.82) is 0 Å². The van der Waals surface area contributed by atoms with E-state index in [-0.39, 0.29) is 5.92 Å². The summed E-state index contributed by atoms with van der Waals surface area (Å²) < 4.78 is 37.3. The number of carboxylic acids is 1. The minimum Gasteiger partial charge on any atom is -0.481 e. The van der Waals surface area contributed by atoms with Crippen molar-refractivity contribution in [2.24, 2.45) is 11.8 Å². The lowest BCUT2D eigenvalue weighted by Gasteiger charge is -2.31. The molecule has 18 heavy (non-hydrogen) atoms. The number of carbonyl (C=O) groups excluding carboxylic acids is 1. The first kappa shape index (κ1) is 14.8. The molecule has 7 heteroatoms. The molecule has 1 amide bonds. The van der Waals surface area contributed by atoms with Crippen molar-refractivity contribution in [3.63, 3.8) is 0 Å². The molecule has 0 aromatic carbocycles. The summed E-state index contributed by atoms with van der Waals surface area (Å²) in [7, 11) is 0. The van der Waals surface area contributed by atoms with Crippen LogP contribution in [0.3, 0.4) is 0 Å². The van der Waals surface area contributed by atoms with E-state index in [2.05, 4.69) is 0 Å². The van der Waals surface area contributed by atoms with E-state index in [0.717, 1.165) is 19.8 Å². The lowest BCUT2D eigenvalue weighted by molar-refractivity contribution is -0.171. The van der Waals surface area contributed by atoms with Gasteiger partial charge < -0.3 is 10.0 Å². The number of hydrogen-bond acceptors (Lipinski definition) is 2. The minimum absolute atomic E-state index is 0.0531. The minimum atomic E-state index is -4.52. The van der Waals surface area contributed by atoms with Crippen molar-refractivity contribution in [2.45, 2.75) is 38.9 Å². The van der Waals surface area contributed by atoms with E-state index in [0.29, 0.717) is 4.90 Å². The molecule has 4 nitrogen and oxygen atoms in total. The fraction of sp³-hybridized carbons (Fsp3) is 0.818. The molecule has 0 bridgehead atoms. The van der Waals surface area contributed by atoms with Crippen molar-refractivity contribution < 1.29 is 27.9 Å². The second kappa shape index (κ2) is 5.16. The van der Waals surface area contributed by atoms with E-state index in [4.69, 9.17) is 5.11 Å². The molecule has 104 valence electrons. The maximum Gasteiger partial charge on any atom is 0.406 e. The predicted octanol–water partition coefficient (Wildman–Crippen LogP) is 1.90. The van der Waals surface area contributed by atoms with Crippen molar-refractivity contribution in [3.8, 4) is 0 Å². The van der Waals surface area contributed by atoms with E-state index in [1.165, 1.54) is 6.92 Å². The summed E-state index contributed by atoms with van der Waals surface area (Å²) in [4.78, 5) is 23.1. The zero-order valence-electron chi connectivity index (χ0n) is 10.2. The van der Waals surface area contributed by atoms with E-state index in [1.807, 2.05) is 0 Å². The van der Waals surface area contributed by atoms with Gasteiger partial charge in [-0.2, -0.15) is 13.2 Å². The number of amides is 1. The Morgan fingerprint density at radius 2 is 1.83 bits per heavy atom. The third kappa shape index (κ3) is 3.89. The summed E-state index contributed by atoms with van der Waals surface area (Å²) >= 11 is 0. The Bertz CT molecular complexity index is 339. The zero-order chi connectivity index (χ0) is 14.1. The van der Waals surface area contributed by atoms with Gasteiger partial charge in [-0.3, -0.25) is 9.59 Å². The lowest BCUT2D eigenvalue weighted by atomic mass is 10.1. The van der Waals surface area contributed by atoms with Gasteiger partial charge in [-0.25, -0.2) is 0 Å². The maximum atomic E-state index is 12.4. The monoisotopic (exact) mass is 267 g/mol. The van der Waals surface area contributed by atoms with Gasteiger partial charge >= 0.3 is 12.1 Å². The Morgan fingerprint density at radius 3 is 2.17 bits per heavy atom. The third-order valence-electron chi connectivity index (χ3n) is 3.17. The van der Waals surface area contributed by atoms with Crippen molar-refractivity contribution in [3.05, 3.63) is 0 Å². The fourth-order valence-electron chi connectivity index (χ4n) is 1.80. The molecule has 2 atom stereocenters. The van der Waals surface area contributed by atoms with Crippen LogP contribution < -0.4 is 0 Å². The van der Waals surface area contributed by atoms with E-state index < -0.39 is 36.6 Å². The molecule has 1 saturated carbocycles. The second-order valence-electron chi connectivity index (χ2n) is 4.72. The van der Waals surface area contributed by atoms with E-state index in [1.54, 1.807) is 0 Å². The molecule has 1 rings (SSSR count). The molecule has 1 aliphatic rings. The van der Waals surface area contributed by atoms with Crippen LogP contribution in [0.5, 0.6) is 0 Å². The Labute approximate surface area is 103 Å². The maximum absolute atomic E-state index is 12.4. The quantitative estimate of drug-likeness (QED) is 0.774. The first-order valence-electron chi connectivity index (χ1n) is 5.73. The molecule has 1 fully saturated rings. The van der Waals surface area contributed by atoms with Crippen molar-refractivity contribution in [2.75, 3.05) is 6.54 Å². The zero-order valence-corrected chi connectivity index (χ0v) is 10.2. The highest BCUT2D eigenvalue weighted by Gasteiger charge is 2.42. The van der Waals surface area contributed by atoms with Crippen LogP contribution in [0.4, 0.5) is 13.2 Å². The van der Waals surface area contributed by atoms with Gasteiger partial charge in [0.1, 0.15) is 12.5 Å². The molecule has 0 aliphatic heterocycles. The normalized spacial score (nSPS) is 19.2. The van der Waals surface area contributed by atoms with Gasteiger partial charge in [-0.1, -0.05) is 0 Å². The van der Waals surface area contributed by atoms with E-state index >= 15 is 0 Å². The van der Waals surface area contributed by atoms with Gasteiger partial charge in [-0.15, -0.1) is 0 Å². The molecular weight excluding hydrogens is 251 g/mol. The highest BCUT2D eigenvalue weighted by molar-refractivity contribution is 5.96. The van der Waals surface area contributed by atoms with Gasteiger partial charge in [-0.05, 0) is 32.6 Å². The average molecular weight is 267 g/mol. The van der Waals surface area contributed by atoms with Crippen LogP contribution in [0, 0.1) is 11.8 Å². The second-order valence-corrected chi connectivity index (χ2v) is 4.72. The number of carboxylic acid groups (broad SMARTS) is 1. The molecule has 1 N–H and O–H groups in total. The number of aliphatic carboxylic acids is 1. The predicted molar refractivity (Wildman–Crippen MR) is 56.8 cm³/mol. The first-order chi connectivity index (χ1) is 8.13. The highest BCUT2D eigenvalue weighted by atomic mass is 19.4. The molecule has 0 saturated heterocycles. The smallest absolute Gasteiger partial charge is 0.406 e. The lowest BCUT2D eigenvalue weighted by Crippen LogP contribution is -2.48. The van der Waals surface area contributed by atoms with Crippen LogP contribution in [0.25, 0.3) is 0 Å². The third-order valence-corrected chi connectivity index (χ3v) is 3.17. The Kier molecular flexibility index (Phi) is 4.24. The number of hydrogen-bond donors (Lipinski definition) is 1. The highest BCUT2D eigenvalue weighted by Crippen LogP contribution is 2.36. The van der Waals surface area contributed by atoms with Gasteiger partial charge in [0.2, 0.25) is 5.91 Å². The molecule has 0 heterocycles.